The molecule has 4 rings (SSSR count). The molecule has 0 radical (unpaired) electrons. The van der Waals surface area contributed by atoms with E-state index in [0.29, 0.717) is 11.1 Å². The smallest absolute Gasteiger partial charge is 0.271 e. The van der Waals surface area contributed by atoms with Crippen LogP contribution in [0.2, 0.25) is 0 Å². The molecule has 29 heavy (non-hydrogen) atoms. The Morgan fingerprint density at radius 2 is 1.66 bits per heavy atom. The summed E-state index contributed by atoms with van der Waals surface area (Å²) in [6, 6.07) is 18.0. The fraction of sp³-hybridized carbons (Fsp3) is 0.167. The Morgan fingerprint density at radius 3 is 2.31 bits per heavy atom. The zero-order valence-electron chi connectivity index (χ0n) is 16.4. The van der Waals surface area contributed by atoms with Gasteiger partial charge in [-0.2, -0.15) is 5.10 Å². The third kappa shape index (κ3) is 4.19. The van der Waals surface area contributed by atoms with Crippen LogP contribution in [-0.2, 0) is 13.1 Å². The van der Waals surface area contributed by atoms with Crippen LogP contribution < -0.4 is 10.3 Å². The minimum Gasteiger partial charge on any atom is -0.363 e. The number of nitrogens with one attached hydrogen (secondary N) is 1. The molecule has 0 saturated carbocycles. The maximum atomic E-state index is 12.9. The van der Waals surface area contributed by atoms with Crippen molar-refractivity contribution in [3.8, 4) is 0 Å². The average Bonchev–Trinajstić information content (AvgIpc) is 3.12. The minimum absolute atomic E-state index is 0.284. The predicted molar refractivity (Wildman–Crippen MR) is 114 cm³/mol. The number of hydrogen-bond acceptors (Lipinski definition) is 3. The molecule has 3 aromatic carbocycles. The summed E-state index contributed by atoms with van der Waals surface area (Å²) in [5.74, 6) is -0.592. The highest BCUT2D eigenvalue weighted by Crippen LogP contribution is 2.30. The largest absolute Gasteiger partial charge is 0.363 e. The van der Waals surface area contributed by atoms with Gasteiger partial charge in [-0.05, 0) is 72.0 Å². The second kappa shape index (κ2) is 7.87. The van der Waals surface area contributed by atoms with E-state index >= 15 is 0 Å². The first kappa shape index (κ1) is 18.9. The summed E-state index contributed by atoms with van der Waals surface area (Å²) in [6.07, 6.45) is 1.49. The molecule has 1 heterocycles. The zero-order valence-corrected chi connectivity index (χ0v) is 16.4. The first-order valence-electron chi connectivity index (χ1n) is 9.52. The molecule has 0 aliphatic carbocycles. The van der Waals surface area contributed by atoms with Gasteiger partial charge in [0.1, 0.15) is 5.82 Å². The summed E-state index contributed by atoms with van der Waals surface area (Å²) in [4.78, 5) is 14.7. The van der Waals surface area contributed by atoms with Gasteiger partial charge < -0.3 is 4.90 Å². The number of carbonyl (C=O) groups excluding carboxylic acids is 1. The Kier molecular flexibility index (Phi) is 5.12. The topological polar surface area (TPSA) is 44.7 Å². The van der Waals surface area contributed by atoms with Crippen molar-refractivity contribution in [1.82, 2.24) is 5.43 Å². The van der Waals surface area contributed by atoms with Crippen molar-refractivity contribution in [3.05, 3.63) is 99.9 Å². The highest BCUT2D eigenvalue weighted by molar-refractivity contribution is 5.95. The lowest BCUT2D eigenvalue weighted by atomic mass is 10.0. The van der Waals surface area contributed by atoms with E-state index in [1.165, 1.54) is 40.6 Å². The number of amides is 1. The summed E-state index contributed by atoms with van der Waals surface area (Å²) in [5.41, 5.74) is 10.1. The van der Waals surface area contributed by atoms with Crippen molar-refractivity contribution in [1.29, 1.82) is 0 Å². The first-order valence-corrected chi connectivity index (χ1v) is 9.52. The normalized spacial score (nSPS) is 13.0. The highest BCUT2D eigenvalue weighted by Gasteiger charge is 2.20. The number of benzene rings is 3. The van der Waals surface area contributed by atoms with Crippen molar-refractivity contribution < 1.29 is 9.18 Å². The lowest BCUT2D eigenvalue weighted by Gasteiger charge is -2.18. The molecule has 3 aromatic rings. The molecular weight excluding hydrogens is 365 g/mol. The third-order valence-electron chi connectivity index (χ3n) is 5.26. The Morgan fingerprint density at radius 1 is 1.00 bits per heavy atom. The molecule has 146 valence electrons. The Bertz CT molecular complexity index is 1060. The molecule has 0 unspecified atom stereocenters. The average molecular weight is 387 g/mol. The molecule has 0 bridgehead atoms. The van der Waals surface area contributed by atoms with Gasteiger partial charge in [-0.25, -0.2) is 9.82 Å². The number of nitrogens with zero attached hydrogens (tertiary/aromatic N) is 2. The standard InChI is InChI=1S/C24H22FN3O/c1-16-10-20-14-28(15-21(20)11-17(16)2)23-5-3-4-19(12-23)24(29)27-26-13-18-6-8-22(25)9-7-18/h3-13H,14-15H2,1-2H3,(H,27,29)/b26-13-. The SMILES string of the molecule is Cc1cc2c(cc1C)CN(c1cccc(C(=O)N/N=C\c3ccc(F)cc3)c1)C2. The molecule has 0 saturated heterocycles. The fourth-order valence-electron chi connectivity index (χ4n) is 3.50. The Labute approximate surface area is 169 Å². The Balaban J connectivity index is 1.45. The number of rotatable bonds is 4. The van der Waals surface area contributed by atoms with Crippen molar-refractivity contribution >= 4 is 17.8 Å². The van der Waals surface area contributed by atoms with Crippen LogP contribution in [0.1, 0.15) is 38.2 Å². The van der Waals surface area contributed by atoms with E-state index in [1.807, 2.05) is 18.2 Å². The number of aryl methyl sites for hydroxylation is 2. The van der Waals surface area contributed by atoms with Gasteiger partial charge in [0.05, 0.1) is 6.21 Å². The number of hydrazone groups is 1. The fourth-order valence-corrected chi connectivity index (χ4v) is 3.50. The second-order valence-corrected chi connectivity index (χ2v) is 7.36. The van der Waals surface area contributed by atoms with E-state index in [9.17, 15) is 9.18 Å². The maximum Gasteiger partial charge on any atom is 0.271 e. The van der Waals surface area contributed by atoms with E-state index in [2.05, 4.69) is 41.4 Å². The van der Waals surface area contributed by atoms with E-state index in [0.717, 1.165) is 18.8 Å². The van der Waals surface area contributed by atoms with Gasteiger partial charge in [-0.3, -0.25) is 4.79 Å². The summed E-state index contributed by atoms with van der Waals surface area (Å²) in [5, 5.41) is 3.97. The van der Waals surface area contributed by atoms with Gasteiger partial charge >= 0.3 is 0 Å². The van der Waals surface area contributed by atoms with Gasteiger partial charge in [-0.1, -0.05) is 30.3 Å². The molecule has 1 aliphatic heterocycles. The third-order valence-corrected chi connectivity index (χ3v) is 5.26. The molecular formula is C24H22FN3O. The highest BCUT2D eigenvalue weighted by atomic mass is 19.1. The summed E-state index contributed by atoms with van der Waals surface area (Å²) >= 11 is 0. The van der Waals surface area contributed by atoms with Crippen LogP contribution >= 0.6 is 0 Å². The van der Waals surface area contributed by atoms with Gasteiger partial charge in [0.15, 0.2) is 0 Å². The van der Waals surface area contributed by atoms with Crippen molar-refractivity contribution in [2.75, 3.05) is 4.90 Å². The lowest BCUT2D eigenvalue weighted by Crippen LogP contribution is -2.19. The quantitative estimate of drug-likeness (QED) is 0.520. The number of anilines is 1. The number of fused-ring (bicyclic) bond motifs is 1. The van der Waals surface area contributed by atoms with Crippen molar-refractivity contribution in [2.45, 2.75) is 26.9 Å². The van der Waals surface area contributed by atoms with E-state index in [-0.39, 0.29) is 11.7 Å². The minimum atomic E-state index is -0.308. The van der Waals surface area contributed by atoms with Crippen LogP contribution in [-0.4, -0.2) is 12.1 Å². The van der Waals surface area contributed by atoms with Crippen LogP contribution in [0.3, 0.4) is 0 Å². The predicted octanol–water partition coefficient (Wildman–Crippen LogP) is 4.73. The van der Waals surface area contributed by atoms with Crippen LogP contribution in [0, 0.1) is 19.7 Å². The maximum absolute atomic E-state index is 12.9. The lowest BCUT2D eigenvalue weighted by molar-refractivity contribution is 0.0955. The number of carbonyl (C=O) groups is 1. The van der Waals surface area contributed by atoms with E-state index < -0.39 is 0 Å². The molecule has 1 aliphatic rings. The summed E-state index contributed by atoms with van der Waals surface area (Å²) in [6.45, 7) is 5.94. The number of hydrogen-bond donors (Lipinski definition) is 1. The van der Waals surface area contributed by atoms with Crippen LogP contribution in [0.4, 0.5) is 10.1 Å². The van der Waals surface area contributed by atoms with Crippen molar-refractivity contribution in [3.63, 3.8) is 0 Å². The van der Waals surface area contributed by atoms with Gasteiger partial charge in [0, 0.05) is 24.3 Å². The second-order valence-electron chi connectivity index (χ2n) is 7.36. The van der Waals surface area contributed by atoms with E-state index in [1.54, 1.807) is 18.2 Å². The monoisotopic (exact) mass is 387 g/mol. The first-order chi connectivity index (χ1) is 14.0. The van der Waals surface area contributed by atoms with Gasteiger partial charge in [0.25, 0.3) is 5.91 Å². The van der Waals surface area contributed by atoms with Gasteiger partial charge in [0.2, 0.25) is 0 Å². The number of halogens is 1. The van der Waals surface area contributed by atoms with Gasteiger partial charge in [-0.15, -0.1) is 0 Å². The van der Waals surface area contributed by atoms with Crippen LogP contribution in [0.5, 0.6) is 0 Å². The summed E-state index contributed by atoms with van der Waals surface area (Å²) < 4.78 is 12.9. The Hall–Kier alpha value is -3.47. The molecule has 0 atom stereocenters. The molecule has 0 aromatic heterocycles. The molecule has 0 fully saturated rings. The molecule has 1 N–H and O–H groups in total. The van der Waals surface area contributed by atoms with E-state index in [4.69, 9.17) is 0 Å². The summed E-state index contributed by atoms with van der Waals surface area (Å²) in [7, 11) is 0. The van der Waals surface area contributed by atoms with Crippen molar-refractivity contribution in [2.24, 2.45) is 5.10 Å². The van der Waals surface area contributed by atoms with Crippen LogP contribution in [0.15, 0.2) is 65.8 Å². The molecule has 5 heteroatoms. The molecule has 1 amide bonds. The van der Waals surface area contributed by atoms with Crippen LogP contribution in [0.25, 0.3) is 0 Å². The zero-order chi connectivity index (χ0) is 20.4. The molecule has 0 spiro atoms. The molecule has 4 nitrogen and oxygen atoms in total.